The van der Waals surface area contributed by atoms with Crippen LogP contribution in [0.15, 0.2) is 46.9 Å². The lowest BCUT2D eigenvalue weighted by atomic mass is 10.2. The molecule has 0 unspecified atom stereocenters. The second-order valence-electron chi connectivity index (χ2n) is 3.73. The fourth-order valence-electron chi connectivity index (χ4n) is 1.71. The third-order valence-corrected chi connectivity index (χ3v) is 2.50. The first-order chi connectivity index (χ1) is 8.24. The van der Waals surface area contributed by atoms with E-state index in [1.54, 1.807) is 30.3 Å². The van der Waals surface area contributed by atoms with Crippen molar-refractivity contribution in [2.75, 3.05) is 5.73 Å². The summed E-state index contributed by atoms with van der Waals surface area (Å²) in [5, 5.41) is 0. The largest absolute Gasteiger partial charge is 0.433 e. The normalized spacial score (nSPS) is 10.9. The van der Waals surface area contributed by atoms with Gasteiger partial charge in [-0.1, -0.05) is 12.1 Å². The number of rotatable bonds is 1. The molecule has 0 aliphatic carbocycles. The van der Waals surface area contributed by atoms with Crippen LogP contribution in [0.2, 0.25) is 0 Å². The molecule has 0 atom stereocenters. The second-order valence-corrected chi connectivity index (χ2v) is 3.73. The summed E-state index contributed by atoms with van der Waals surface area (Å²) in [6, 6.07) is 11.8. The molecule has 1 heterocycles. The number of nitrogens with zero attached hydrogens (tertiary/aromatic N) is 1. The predicted molar refractivity (Wildman–Crippen MR) is 63.8 cm³/mol. The Morgan fingerprint density at radius 2 is 1.94 bits per heavy atom. The van der Waals surface area contributed by atoms with Crippen molar-refractivity contribution in [1.29, 1.82) is 0 Å². The summed E-state index contributed by atoms with van der Waals surface area (Å²) in [6.07, 6.45) is 0. The van der Waals surface area contributed by atoms with Gasteiger partial charge in [-0.2, -0.15) is 0 Å². The van der Waals surface area contributed by atoms with Gasteiger partial charge in [-0.3, -0.25) is 0 Å². The number of benzene rings is 2. The molecule has 0 saturated carbocycles. The van der Waals surface area contributed by atoms with Crippen LogP contribution in [0.4, 0.5) is 10.1 Å². The zero-order valence-electron chi connectivity index (χ0n) is 8.85. The second kappa shape index (κ2) is 3.59. The Morgan fingerprint density at radius 1 is 1.12 bits per heavy atom. The third kappa shape index (κ3) is 1.63. The smallest absolute Gasteiger partial charge is 0.227 e. The van der Waals surface area contributed by atoms with Gasteiger partial charge in [0, 0.05) is 11.3 Å². The summed E-state index contributed by atoms with van der Waals surface area (Å²) < 4.78 is 18.8. The maximum Gasteiger partial charge on any atom is 0.227 e. The highest BCUT2D eigenvalue weighted by Crippen LogP contribution is 2.26. The molecule has 2 N–H and O–H groups in total. The van der Waals surface area contributed by atoms with Gasteiger partial charge in [0.15, 0.2) is 11.4 Å². The van der Waals surface area contributed by atoms with E-state index in [9.17, 15) is 4.39 Å². The highest BCUT2D eigenvalue weighted by molar-refractivity contribution is 5.77. The van der Waals surface area contributed by atoms with Crippen LogP contribution in [0.1, 0.15) is 0 Å². The minimum Gasteiger partial charge on any atom is -0.433 e. The van der Waals surface area contributed by atoms with Crippen LogP contribution in [0.25, 0.3) is 22.6 Å². The first-order valence-electron chi connectivity index (χ1n) is 5.15. The van der Waals surface area contributed by atoms with E-state index >= 15 is 0 Å². The van der Waals surface area contributed by atoms with Gasteiger partial charge in [-0.05, 0) is 30.3 Å². The van der Waals surface area contributed by atoms with Crippen molar-refractivity contribution >= 4 is 16.8 Å². The number of hydrogen-bond donors (Lipinski definition) is 1. The zero-order chi connectivity index (χ0) is 11.8. The number of para-hydroxylation sites is 1. The molecule has 0 amide bonds. The Morgan fingerprint density at radius 3 is 2.71 bits per heavy atom. The van der Waals surface area contributed by atoms with Crippen LogP contribution >= 0.6 is 0 Å². The van der Waals surface area contributed by atoms with E-state index in [0.717, 1.165) is 5.56 Å². The minimum atomic E-state index is -0.412. The monoisotopic (exact) mass is 228 g/mol. The fraction of sp³-hybridized carbons (Fsp3) is 0. The average Bonchev–Trinajstić information content (AvgIpc) is 2.74. The molecule has 84 valence electrons. The maximum atomic E-state index is 13.4. The van der Waals surface area contributed by atoms with Gasteiger partial charge in [0.1, 0.15) is 5.52 Å². The molecular formula is C13H9FN2O. The summed E-state index contributed by atoms with van der Waals surface area (Å²) in [5.41, 5.74) is 7.70. The molecule has 4 heteroatoms. The number of oxazole rings is 1. The van der Waals surface area contributed by atoms with E-state index in [-0.39, 0.29) is 5.58 Å². The van der Waals surface area contributed by atoms with E-state index in [0.29, 0.717) is 17.1 Å². The lowest BCUT2D eigenvalue weighted by Gasteiger charge is -1.96. The lowest BCUT2D eigenvalue weighted by molar-refractivity contribution is 0.564. The number of hydrogen-bond acceptors (Lipinski definition) is 3. The molecule has 17 heavy (non-hydrogen) atoms. The number of nitrogen functional groups attached to an aromatic ring is 1. The van der Waals surface area contributed by atoms with Crippen molar-refractivity contribution in [2.24, 2.45) is 0 Å². The molecule has 0 saturated heterocycles. The van der Waals surface area contributed by atoms with E-state index in [2.05, 4.69) is 4.98 Å². The summed E-state index contributed by atoms with van der Waals surface area (Å²) >= 11 is 0. The summed E-state index contributed by atoms with van der Waals surface area (Å²) in [4.78, 5) is 4.22. The highest BCUT2D eigenvalue weighted by Gasteiger charge is 2.11. The first-order valence-corrected chi connectivity index (χ1v) is 5.15. The molecule has 3 rings (SSSR count). The fourth-order valence-corrected chi connectivity index (χ4v) is 1.71. The van der Waals surface area contributed by atoms with Crippen LogP contribution in [0, 0.1) is 5.82 Å². The SMILES string of the molecule is Nc1cccc(-c2nc3cccc(F)c3o2)c1. The Kier molecular flexibility index (Phi) is 2.08. The van der Waals surface area contributed by atoms with E-state index in [1.165, 1.54) is 6.07 Å². The molecule has 0 aliphatic heterocycles. The van der Waals surface area contributed by atoms with Gasteiger partial charge in [-0.15, -0.1) is 0 Å². The Labute approximate surface area is 96.7 Å². The van der Waals surface area contributed by atoms with Crippen molar-refractivity contribution in [3.8, 4) is 11.5 Å². The van der Waals surface area contributed by atoms with Gasteiger partial charge in [0.25, 0.3) is 0 Å². The average molecular weight is 228 g/mol. The van der Waals surface area contributed by atoms with Crippen LogP contribution in [-0.4, -0.2) is 4.98 Å². The Bertz CT molecular complexity index is 691. The molecule has 1 aromatic heterocycles. The number of aromatic nitrogens is 1. The highest BCUT2D eigenvalue weighted by atomic mass is 19.1. The third-order valence-electron chi connectivity index (χ3n) is 2.50. The van der Waals surface area contributed by atoms with Gasteiger partial charge in [0.2, 0.25) is 5.89 Å². The van der Waals surface area contributed by atoms with E-state index < -0.39 is 5.82 Å². The van der Waals surface area contributed by atoms with Gasteiger partial charge < -0.3 is 10.2 Å². The van der Waals surface area contributed by atoms with Crippen LogP contribution in [0.3, 0.4) is 0 Å². The molecule has 0 spiro atoms. The van der Waals surface area contributed by atoms with Crippen LogP contribution < -0.4 is 5.73 Å². The number of nitrogens with two attached hydrogens (primary N) is 1. The molecular weight excluding hydrogens is 219 g/mol. The molecule has 0 aliphatic rings. The summed E-state index contributed by atoms with van der Waals surface area (Å²) in [6.45, 7) is 0. The minimum absolute atomic E-state index is 0.171. The van der Waals surface area contributed by atoms with Gasteiger partial charge >= 0.3 is 0 Å². The molecule has 0 bridgehead atoms. The van der Waals surface area contributed by atoms with Crippen molar-refractivity contribution in [1.82, 2.24) is 4.98 Å². The quantitative estimate of drug-likeness (QED) is 0.650. The molecule has 3 nitrogen and oxygen atoms in total. The maximum absolute atomic E-state index is 13.4. The molecule has 2 aromatic carbocycles. The first kappa shape index (κ1) is 9.84. The number of anilines is 1. The summed E-state index contributed by atoms with van der Waals surface area (Å²) in [7, 11) is 0. The number of fused-ring (bicyclic) bond motifs is 1. The van der Waals surface area contributed by atoms with Gasteiger partial charge in [0.05, 0.1) is 0 Å². The van der Waals surface area contributed by atoms with E-state index in [1.807, 2.05) is 6.07 Å². The molecule has 3 aromatic rings. The predicted octanol–water partition coefficient (Wildman–Crippen LogP) is 3.22. The molecule has 0 radical (unpaired) electrons. The van der Waals surface area contributed by atoms with Crippen molar-refractivity contribution in [2.45, 2.75) is 0 Å². The van der Waals surface area contributed by atoms with Crippen LogP contribution in [-0.2, 0) is 0 Å². The van der Waals surface area contributed by atoms with Crippen molar-refractivity contribution in [3.63, 3.8) is 0 Å². The lowest BCUT2D eigenvalue weighted by Crippen LogP contribution is -1.84. The van der Waals surface area contributed by atoms with Crippen LogP contribution in [0.5, 0.6) is 0 Å². The molecule has 0 fully saturated rings. The Balaban J connectivity index is 2.22. The van der Waals surface area contributed by atoms with Crippen molar-refractivity contribution < 1.29 is 8.81 Å². The summed E-state index contributed by atoms with van der Waals surface area (Å²) in [5.74, 6) is -0.0393. The topological polar surface area (TPSA) is 52.0 Å². The zero-order valence-corrected chi connectivity index (χ0v) is 8.85. The Hall–Kier alpha value is -2.36. The standard InChI is InChI=1S/C13H9FN2O/c14-10-5-2-6-11-12(10)17-13(16-11)8-3-1-4-9(15)7-8/h1-7H,15H2. The van der Waals surface area contributed by atoms with Crippen molar-refractivity contribution in [3.05, 3.63) is 48.3 Å². The number of halogens is 1. The van der Waals surface area contributed by atoms with Gasteiger partial charge in [-0.25, -0.2) is 9.37 Å². The van der Waals surface area contributed by atoms with E-state index in [4.69, 9.17) is 10.2 Å².